The van der Waals surface area contributed by atoms with Crippen molar-refractivity contribution < 1.29 is 4.74 Å². The Hall–Kier alpha value is -1.71. The van der Waals surface area contributed by atoms with Crippen LogP contribution in [0.3, 0.4) is 0 Å². The number of benzene rings is 1. The average molecular weight is 277 g/mol. The molecule has 0 saturated heterocycles. The molecule has 0 spiro atoms. The molecule has 112 valence electrons. The standard InChI is InChI=1S/C16H27N3O/c1-4-6-7-12-18-16(17-5-2)19-13-14-8-10-15(20-3)11-9-14/h8-11H,4-7,12-13H2,1-3H3,(H2,17,18,19). The zero-order valence-corrected chi connectivity index (χ0v) is 12.9. The molecule has 0 saturated carbocycles. The highest BCUT2D eigenvalue weighted by atomic mass is 16.5. The van der Waals surface area contributed by atoms with E-state index in [-0.39, 0.29) is 0 Å². The third kappa shape index (κ3) is 6.45. The SMILES string of the molecule is CCCCCNC(=NCc1ccc(OC)cc1)NCC. The molecule has 2 N–H and O–H groups in total. The molecule has 1 aromatic rings. The van der Waals surface area contributed by atoms with E-state index in [1.165, 1.54) is 24.8 Å². The molecular weight excluding hydrogens is 250 g/mol. The van der Waals surface area contributed by atoms with Gasteiger partial charge in [-0.3, -0.25) is 0 Å². The second-order valence-corrected chi connectivity index (χ2v) is 4.68. The lowest BCUT2D eigenvalue weighted by molar-refractivity contribution is 0.414. The van der Waals surface area contributed by atoms with E-state index in [0.29, 0.717) is 6.54 Å². The van der Waals surface area contributed by atoms with Crippen molar-refractivity contribution in [2.24, 2.45) is 4.99 Å². The van der Waals surface area contributed by atoms with Crippen LogP contribution in [-0.4, -0.2) is 26.2 Å². The molecule has 4 nitrogen and oxygen atoms in total. The van der Waals surface area contributed by atoms with E-state index in [0.717, 1.165) is 24.8 Å². The molecule has 4 heteroatoms. The van der Waals surface area contributed by atoms with Crippen LogP contribution in [0.5, 0.6) is 5.75 Å². The summed E-state index contributed by atoms with van der Waals surface area (Å²) in [5, 5.41) is 6.63. The van der Waals surface area contributed by atoms with Gasteiger partial charge in [0.1, 0.15) is 5.75 Å². The van der Waals surface area contributed by atoms with Gasteiger partial charge < -0.3 is 15.4 Å². The van der Waals surface area contributed by atoms with Crippen LogP contribution < -0.4 is 15.4 Å². The normalized spacial score (nSPS) is 11.2. The summed E-state index contributed by atoms with van der Waals surface area (Å²) in [5.74, 6) is 1.77. The van der Waals surface area contributed by atoms with Crippen molar-refractivity contribution in [2.75, 3.05) is 20.2 Å². The molecule has 0 unspecified atom stereocenters. The number of methoxy groups -OCH3 is 1. The molecule has 0 fully saturated rings. The Kier molecular flexibility index (Phi) is 8.27. The summed E-state index contributed by atoms with van der Waals surface area (Å²) in [6.45, 7) is 6.82. The van der Waals surface area contributed by atoms with Gasteiger partial charge in [-0.1, -0.05) is 31.9 Å². The smallest absolute Gasteiger partial charge is 0.191 e. The van der Waals surface area contributed by atoms with Crippen LogP contribution in [0, 0.1) is 0 Å². The highest BCUT2D eigenvalue weighted by molar-refractivity contribution is 5.79. The van der Waals surface area contributed by atoms with Crippen LogP contribution in [0.15, 0.2) is 29.3 Å². The highest BCUT2D eigenvalue weighted by Crippen LogP contribution is 2.11. The van der Waals surface area contributed by atoms with Crippen LogP contribution in [0.25, 0.3) is 0 Å². The molecular formula is C16H27N3O. The average Bonchev–Trinajstić information content (AvgIpc) is 2.49. The topological polar surface area (TPSA) is 45.7 Å². The van der Waals surface area contributed by atoms with Gasteiger partial charge in [0.15, 0.2) is 5.96 Å². The molecule has 0 aromatic heterocycles. The molecule has 20 heavy (non-hydrogen) atoms. The summed E-state index contributed by atoms with van der Waals surface area (Å²) >= 11 is 0. The lowest BCUT2D eigenvalue weighted by Gasteiger charge is -2.11. The lowest BCUT2D eigenvalue weighted by Crippen LogP contribution is -2.37. The molecule has 0 amide bonds. The minimum absolute atomic E-state index is 0.674. The predicted octanol–water partition coefficient (Wildman–Crippen LogP) is 2.94. The quantitative estimate of drug-likeness (QED) is 0.436. The molecule has 0 heterocycles. The Balaban J connectivity index is 2.47. The Morgan fingerprint density at radius 3 is 2.45 bits per heavy atom. The van der Waals surface area contributed by atoms with Crippen LogP contribution in [0.1, 0.15) is 38.7 Å². The van der Waals surface area contributed by atoms with E-state index in [1.54, 1.807) is 7.11 Å². The van der Waals surface area contributed by atoms with Crippen molar-refractivity contribution in [3.05, 3.63) is 29.8 Å². The first-order valence-corrected chi connectivity index (χ1v) is 7.45. The van der Waals surface area contributed by atoms with Gasteiger partial charge in [0, 0.05) is 13.1 Å². The van der Waals surface area contributed by atoms with Crippen LogP contribution in [0.4, 0.5) is 0 Å². The molecule has 0 aliphatic carbocycles. The van der Waals surface area contributed by atoms with Gasteiger partial charge in [0.25, 0.3) is 0 Å². The Labute approximate surface area is 122 Å². The van der Waals surface area contributed by atoms with Crippen molar-refractivity contribution in [1.82, 2.24) is 10.6 Å². The van der Waals surface area contributed by atoms with Gasteiger partial charge in [-0.05, 0) is 31.0 Å². The predicted molar refractivity (Wildman–Crippen MR) is 85.3 cm³/mol. The van der Waals surface area contributed by atoms with E-state index in [1.807, 2.05) is 24.3 Å². The zero-order valence-electron chi connectivity index (χ0n) is 12.9. The maximum atomic E-state index is 5.15. The van der Waals surface area contributed by atoms with Gasteiger partial charge in [0.05, 0.1) is 13.7 Å². The van der Waals surface area contributed by atoms with E-state index in [9.17, 15) is 0 Å². The maximum absolute atomic E-state index is 5.15. The van der Waals surface area contributed by atoms with Gasteiger partial charge in [-0.2, -0.15) is 0 Å². The van der Waals surface area contributed by atoms with Crippen molar-refractivity contribution in [2.45, 2.75) is 39.7 Å². The number of hydrogen-bond donors (Lipinski definition) is 2. The first-order chi connectivity index (χ1) is 9.80. The summed E-state index contributed by atoms with van der Waals surface area (Å²) in [6.07, 6.45) is 3.68. The largest absolute Gasteiger partial charge is 0.497 e. The molecule has 0 bridgehead atoms. The van der Waals surface area contributed by atoms with E-state index in [2.05, 4.69) is 29.5 Å². The molecule has 0 aliphatic rings. The van der Waals surface area contributed by atoms with Crippen molar-refractivity contribution >= 4 is 5.96 Å². The van der Waals surface area contributed by atoms with Gasteiger partial charge >= 0.3 is 0 Å². The summed E-state index contributed by atoms with van der Waals surface area (Å²) in [4.78, 5) is 4.59. The van der Waals surface area contributed by atoms with E-state index < -0.39 is 0 Å². The molecule has 0 aliphatic heterocycles. The van der Waals surface area contributed by atoms with Crippen molar-refractivity contribution in [3.8, 4) is 5.75 Å². The Bertz CT molecular complexity index is 387. The molecule has 0 atom stereocenters. The number of nitrogens with zero attached hydrogens (tertiary/aromatic N) is 1. The zero-order chi connectivity index (χ0) is 14.6. The number of aliphatic imine (C=N–C) groups is 1. The maximum Gasteiger partial charge on any atom is 0.191 e. The number of nitrogens with one attached hydrogen (secondary N) is 2. The summed E-state index contributed by atoms with van der Waals surface area (Å²) in [5.41, 5.74) is 1.18. The second-order valence-electron chi connectivity index (χ2n) is 4.68. The third-order valence-electron chi connectivity index (χ3n) is 3.00. The van der Waals surface area contributed by atoms with Gasteiger partial charge in [-0.25, -0.2) is 4.99 Å². The summed E-state index contributed by atoms with van der Waals surface area (Å²) < 4.78 is 5.15. The van der Waals surface area contributed by atoms with E-state index in [4.69, 9.17) is 4.74 Å². The Morgan fingerprint density at radius 1 is 1.10 bits per heavy atom. The fourth-order valence-electron chi connectivity index (χ4n) is 1.82. The minimum atomic E-state index is 0.674. The first-order valence-electron chi connectivity index (χ1n) is 7.45. The van der Waals surface area contributed by atoms with Crippen LogP contribution >= 0.6 is 0 Å². The molecule has 1 aromatic carbocycles. The number of rotatable bonds is 8. The molecule has 0 radical (unpaired) electrons. The Morgan fingerprint density at radius 2 is 1.85 bits per heavy atom. The number of ether oxygens (including phenoxy) is 1. The first kappa shape index (κ1) is 16.3. The number of hydrogen-bond acceptors (Lipinski definition) is 2. The van der Waals surface area contributed by atoms with E-state index >= 15 is 0 Å². The van der Waals surface area contributed by atoms with Crippen molar-refractivity contribution in [1.29, 1.82) is 0 Å². The van der Waals surface area contributed by atoms with Crippen molar-refractivity contribution in [3.63, 3.8) is 0 Å². The summed E-state index contributed by atoms with van der Waals surface area (Å²) in [6, 6.07) is 8.02. The van der Waals surface area contributed by atoms with Crippen LogP contribution in [-0.2, 0) is 6.54 Å². The fourth-order valence-corrected chi connectivity index (χ4v) is 1.82. The van der Waals surface area contributed by atoms with Gasteiger partial charge in [-0.15, -0.1) is 0 Å². The lowest BCUT2D eigenvalue weighted by atomic mass is 10.2. The summed E-state index contributed by atoms with van der Waals surface area (Å²) in [7, 11) is 1.68. The fraction of sp³-hybridized carbons (Fsp3) is 0.562. The van der Waals surface area contributed by atoms with Gasteiger partial charge in [0.2, 0.25) is 0 Å². The third-order valence-corrected chi connectivity index (χ3v) is 3.00. The minimum Gasteiger partial charge on any atom is -0.497 e. The number of unbranched alkanes of at least 4 members (excludes halogenated alkanes) is 2. The molecule has 1 rings (SSSR count). The van der Waals surface area contributed by atoms with Crippen LogP contribution in [0.2, 0.25) is 0 Å². The second kappa shape index (κ2) is 10.1. The highest BCUT2D eigenvalue weighted by Gasteiger charge is 1.97. The number of guanidine groups is 1. The monoisotopic (exact) mass is 277 g/mol.